The van der Waals surface area contributed by atoms with Gasteiger partial charge in [-0.2, -0.15) is 0 Å². The molecule has 0 aliphatic carbocycles. The van der Waals surface area contributed by atoms with Gasteiger partial charge in [-0.25, -0.2) is 9.37 Å². The zero-order valence-electron chi connectivity index (χ0n) is 13.9. The van der Waals surface area contributed by atoms with Gasteiger partial charge in [0, 0.05) is 18.5 Å². The van der Waals surface area contributed by atoms with E-state index in [1.54, 1.807) is 12.1 Å². The molecule has 0 spiro atoms. The van der Waals surface area contributed by atoms with Crippen LogP contribution in [-0.2, 0) is 6.42 Å². The van der Waals surface area contributed by atoms with Crippen LogP contribution in [0.5, 0.6) is 0 Å². The van der Waals surface area contributed by atoms with Crippen molar-refractivity contribution in [3.63, 3.8) is 0 Å². The number of rotatable bonds is 4. The standard InChI is InChI=1S/C18H22FN3OS/c1-11-9-15(7-8-20-11)22-18(23)17-12(2)21-16(24-17)10-13-3-5-14(19)6-4-13/h3-6,11,15,20H,7-10H2,1-2H3,(H,22,23). The van der Waals surface area contributed by atoms with Crippen LogP contribution in [0.25, 0.3) is 0 Å². The van der Waals surface area contributed by atoms with Gasteiger partial charge in [0.25, 0.3) is 5.91 Å². The maximum atomic E-state index is 13.0. The lowest BCUT2D eigenvalue weighted by atomic mass is 10.0. The smallest absolute Gasteiger partial charge is 0.263 e. The highest BCUT2D eigenvalue weighted by Crippen LogP contribution is 2.22. The monoisotopic (exact) mass is 347 g/mol. The van der Waals surface area contributed by atoms with Gasteiger partial charge in [0.2, 0.25) is 0 Å². The van der Waals surface area contributed by atoms with Crippen LogP contribution in [0, 0.1) is 12.7 Å². The van der Waals surface area contributed by atoms with Crippen molar-refractivity contribution >= 4 is 17.2 Å². The first-order chi connectivity index (χ1) is 11.5. The van der Waals surface area contributed by atoms with Crippen LogP contribution in [0.3, 0.4) is 0 Å². The van der Waals surface area contributed by atoms with E-state index < -0.39 is 0 Å². The lowest BCUT2D eigenvalue weighted by Gasteiger charge is -2.28. The van der Waals surface area contributed by atoms with E-state index >= 15 is 0 Å². The molecule has 1 amide bonds. The quantitative estimate of drug-likeness (QED) is 0.894. The molecule has 3 rings (SSSR count). The number of aryl methyl sites for hydroxylation is 1. The lowest BCUT2D eigenvalue weighted by molar-refractivity contribution is 0.0929. The Bertz CT molecular complexity index is 714. The molecular weight excluding hydrogens is 325 g/mol. The summed E-state index contributed by atoms with van der Waals surface area (Å²) in [4.78, 5) is 17.7. The molecule has 128 valence electrons. The van der Waals surface area contributed by atoms with Gasteiger partial charge in [-0.05, 0) is 50.9 Å². The fourth-order valence-corrected chi connectivity index (χ4v) is 4.03. The number of amides is 1. The minimum atomic E-state index is -0.245. The Balaban J connectivity index is 1.66. The van der Waals surface area contributed by atoms with Crippen LogP contribution in [-0.4, -0.2) is 29.5 Å². The molecular formula is C18H22FN3OS. The van der Waals surface area contributed by atoms with Gasteiger partial charge in [0.1, 0.15) is 10.7 Å². The van der Waals surface area contributed by atoms with Crippen molar-refractivity contribution in [3.8, 4) is 0 Å². The van der Waals surface area contributed by atoms with E-state index in [2.05, 4.69) is 22.5 Å². The Morgan fingerprint density at radius 3 is 2.88 bits per heavy atom. The SMILES string of the molecule is Cc1nc(Cc2ccc(F)cc2)sc1C(=O)NC1CCNC(C)C1. The highest BCUT2D eigenvalue weighted by atomic mass is 32.1. The van der Waals surface area contributed by atoms with Crippen molar-refractivity contribution in [1.29, 1.82) is 0 Å². The van der Waals surface area contributed by atoms with Gasteiger partial charge >= 0.3 is 0 Å². The van der Waals surface area contributed by atoms with Crippen molar-refractivity contribution in [2.24, 2.45) is 0 Å². The second-order valence-electron chi connectivity index (χ2n) is 6.38. The summed E-state index contributed by atoms with van der Waals surface area (Å²) in [5.41, 5.74) is 1.75. The summed E-state index contributed by atoms with van der Waals surface area (Å²) >= 11 is 1.42. The molecule has 4 nitrogen and oxygen atoms in total. The van der Waals surface area contributed by atoms with Gasteiger partial charge in [0.05, 0.1) is 10.7 Å². The Morgan fingerprint density at radius 2 is 2.17 bits per heavy atom. The van der Waals surface area contributed by atoms with Crippen LogP contribution < -0.4 is 10.6 Å². The Kier molecular flexibility index (Phi) is 5.26. The average molecular weight is 347 g/mol. The van der Waals surface area contributed by atoms with E-state index in [4.69, 9.17) is 0 Å². The van der Waals surface area contributed by atoms with Gasteiger partial charge in [-0.1, -0.05) is 12.1 Å². The number of piperidine rings is 1. The highest BCUT2D eigenvalue weighted by molar-refractivity contribution is 7.13. The van der Waals surface area contributed by atoms with Crippen molar-refractivity contribution in [3.05, 3.63) is 51.2 Å². The predicted molar refractivity (Wildman–Crippen MR) is 94.0 cm³/mol. The fourth-order valence-electron chi connectivity index (χ4n) is 3.03. The molecule has 2 aromatic rings. The molecule has 0 bridgehead atoms. The minimum absolute atomic E-state index is 0.0329. The number of nitrogens with zero attached hydrogens (tertiary/aromatic N) is 1. The van der Waals surface area contributed by atoms with Crippen LogP contribution in [0.1, 0.15) is 45.7 Å². The second kappa shape index (κ2) is 7.40. The number of thiazole rings is 1. The number of carbonyl (C=O) groups is 1. The van der Waals surface area contributed by atoms with Crippen LogP contribution in [0.4, 0.5) is 4.39 Å². The van der Waals surface area contributed by atoms with E-state index in [1.807, 2.05) is 6.92 Å². The molecule has 1 aliphatic rings. The number of aromatic nitrogens is 1. The summed E-state index contributed by atoms with van der Waals surface area (Å²) in [6.45, 7) is 4.94. The van der Waals surface area contributed by atoms with Gasteiger partial charge in [-0.15, -0.1) is 11.3 Å². The number of benzene rings is 1. The third kappa shape index (κ3) is 4.19. The molecule has 0 saturated carbocycles. The molecule has 2 heterocycles. The average Bonchev–Trinajstić information content (AvgIpc) is 2.90. The third-order valence-electron chi connectivity index (χ3n) is 4.27. The van der Waals surface area contributed by atoms with E-state index in [1.165, 1.54) is 23.5 Å². The second-order valence-corrected chi connectivity index (χ2v) is 7.46. The number of carbonyl (C=O) groups excluding carboxylic acids is 1. The maximum Gasteiger partial charge on any atom is 0.263 e. The normalized spacial score (nSPS) is 20.8. The maximum absolute atomic E-state index is 13.0. The minimum Gasteiger partial charge on any atom is -0.348 e. The van der Waals surface area contributed by atoms with Crippen LogP contribution in [0.2, 0.25) is 0 Å². The number of hydrogen-bond acceptors (Lipinski definition) is 4. The van der Waals surface area contributed by atoms with Crippen molar-refractivity contribution in [2.75, 3.05) is 6.54 Å². The predicted octanol–water partition coefficient (Wildman–Crippen LogP) is 3.05. The Hall–Kier alpha value is -1.79. The topological polar surface area (TPSA) is 54.0 Å². The molecule has 0 radical (unpaired) electrons. The highest BCUT2D eigenvalue weighted by Gasteiger charge is 2.22. The summed E-state index contributed by atoms with van der Waals surface area (Å²) in [6.07, 6.45) is 2.52. The largest absolute Gasteiger partial charge is 0.348 e. The van der Waals surface area contributed by atoms with Crippen molar-refractivity contribution < 1.29 is 9.18 Å². The molecule has 2 atom stereocenters. The van der Waals surface area contributed by atoms with Gasteiger partial charge in [0.15, 0.2) is 0 Å². The summed E-state index contributed by atoms with van der Waals surface area (Å²) < 4.78 is 13.0. The van der Waals surface area contributed by atoms with E-state index in [0.29, 0.717) is 17.3 Å². The van der Waals surface area contributed by atoms with Crippen LogP contribution in [0.15, 0.2) is 24.3 Å². The molecule has 1 saturated heterocycles. The summed E-state index contributed by atoms with van der Waals surface area (Å²) in [5.74, 6) is -0.278. The molecule has 24 heavy (non-hydrogen) atoms. The summed E-state index contributed by atoms with van der Waals surface area (Å²) in [6, 6.07) is 7.05. The molecule has 2 unspecified atom stereocenters. The first kappa shape index (κ1) is 17.0. The zero-order chi connectivity index (χ0) is 17.1. The van der Waals surface area contributed by atoms with Crippen molar-refractivity contribution in [2.45, 2.75) is 45.2 Å². The first-order valence-corrected chi connectivity index (χ1v) is 9.08. The molecule has 1 aromatic heterocycles. The Labute approximate surface area is 145 Å². The number of halogens is 1. The molecule has 1 aliphatic heterocycles. The van der Waals surface area contributed by atoms with Gasteiger partial charge in [-0.3, -0.25) is 4.79 Å². The lowest BCUT2D eigenvalue weighted by Crippen LogP contribution is -2.46. The zero-order valence-corrected chi connectivity index (χ0v) is 14.8. The first-order valence-electron chi connectivity index (χ1n) is 8.26. The van der Waals surface area contributed by atoms with Gasteiger partial charge < -0.3 is 10.6 Å². The summed E-state index contributed by atoms with van der Waals surface area (Å²) in [7, 11) is 0. The fraction of sp³-hybridized carbons (Fsp3) is 0.444. The third-order valence-corrected chi connectivity index (χ3v) is 5.43. The molecule has 1 aromatic carbocycles. The number of hydrogen-bond donors (Lipinski definition) is 2. The Morgan fingerprint density at radius 1 is 1.42 bits per heavy atom. The molecule has 6 heteroatoms. The van der Waals surface area contributed by atoms with Crippen LogP contribution >= 0.6 is 11.3 Å². The van der Waals surface area contributed by atoms with E-state index in [9.17, 15) is 9.18 Å². The molecule has 1 fully saturated rings. The van der Waals surface area contributed by atoms with E-state index in [-0.39, 0.29) is 17.8 Å². The number of nitrogens with one attached hydrogen (secondary N) is 2. The summed E-state index contributed by atoms with van der Waals surface area (Å²) in [5, 5.41) is 7.39. The van der Waals surface area contributed by atoms with E-state index in [0.717, 1.165) is 35.7 Å². The molecule has 2 N–H and O–H groups in total. The van der Waals surface area contributed by atoms with Crippen molar-refractivity contribution in [1.82, 2.24) is 15.6 Å².